The predicted molar refractivity (Wildman–Crippen MR) is 54.1 cm³/mol. The van der Waals surface area contributed by atoms with Gasteiger partial charge in [0.05, 0.1) is 0 Å². The van der Waals surface area contributed by atoms with Gasteiger partial charge in [0.15, 0.2) is 6.10 Å². The SMILES string of the molecule is NC1=C(O)C(=O)C(c2cc(F)ccc2Cl)O1. The van der Waals surface area contributed by atoms with Gasteiger partial charge in [-0.15, -0.1) is 0 Å². The van der Waals surface area contributed by atoms with Gasteiger partial charge < -0.3 is 15.6 Å². The fraction of sp³-hybridized carbons (Fsp3) is 0.100. The lowest BCUT2D eigenvalue weighted by Gasteiger charge is -2.11. The molecule has 1 atom stereocenters. The maximum absolute atomic E-state index is 13.0. The number of ether oxygens (including phenoxy) is 1. The molecule has 0 saturated heterocycles. The largest absolute Gasteiger partial charge is 0.501 e. The monoisotopic (exact) mass is 243 g/mol. The molecule has 0 saturated carbocycles. The molecule has 84 valence electrons. The van der Waals surface area contributed by atoms with E-state index in [0.29, 0.717) is 0 Å². The van der Waals surface area contributed by atoms with E-state index >= 15 is 0 Å². The van der Waals surface area contributed by atoms with Crippen molar-refractivity contribution in [3.8, 4) is 0 Å². The van der Waals surface area contributed by atoms with Gasteiger partial charge in [0.25, 0.3) is 0 Å². The normalized spacial score (nSPS) is 20.1. The minimum Gasteiger partial charge on any atom is -0.501 e. The van der Waals surface area contributed by atoms with E-state index in [9.17, 15) is 14.3 Å². The minimum absolute atomic E-state index is 0.138. The van der Waals surface area contributed by atoms with E-state index < -0.39 is 23.5 Å². The first-order chi connectivity index (χ1) is 7.50. The maximum Gasteiger partial charge on any atom is 0.247 e. The minimum atomic E-state index is -1.18. The zero-order chi connectivity index (χ0) is 11.9. The average Bonchev–Trinajstić information content (AvgIpc) is 2.50. The number of aliphatic hydroxyl groups excluding tert-OH is 1. The molecular formula is C10H7ClFNO3. The Balaban J connectivity index is 2.41. The first kappa shape index (κ1) is 10.8. The molecule has 0 bridgehead atoms. The number of aliphatic hydroxyl groups is 1. The van der Waals surface area contributed by atoms with Crippen LogP contribution in [0, 0.1) is 5.82 Å². The third-order valence-electron chi connectivity index (χ3n) is 2.19. The lowest BCUT2D eigenvalue weighted by Crippen LogP contribution is -2.10. The third-order valence-corrected chi connectivity index (χ3v) is 2.53. The highest BCUT2D eigenvalue weighted by atomic mass is 35.5. The zero-order valence-electron chi connectivity index (χ0n) is 7.91. The summed E-state index contributed by atoms with van der Waals surface area (Å²) >= 11 is 5.80. The van der Waals surface area contributed by atoms with Gasteiger partial charge in [-0.05, 0) is 18.2 Å². The van der Waals surface area contributed by atoms with E-state index in [4.69, 9.17) is 22.1 Å². The van der Waals surface area contributed by atoms with E-state index in [1.54, 1.807) is 0 Å². The average molecular weight is 244 g/mol. The van der Waals surface area contributed by atoms with Crippen LogP contribution < -0.4 is 5.73 Å². The lowest BCUT2D eigenvalue weighted by molar-refractivity contribution is -0.123. The Morgan fingerprint density at radius 3 is 2.75 bits per heavy atom. The molecular weight excluding hydrogens is 237 g/mol. The van der Waals surface area contributed by atoms with E-state index in [2.05, 4.69) is 0 Å². The molecule has 0 aliphatic carbocycles. The zero-order valence-corrected chi connectivity index (χ0v) is 8.66. The number of halogens is 2. The van der Waals surface area contributed by atoms with Crippen LogP contribution in [-0.2, 0) is 9.53 Å². The molecule has 1 aromatic carbocycles. The first-order valence-corrected chi connectivity index (χ1v) is 4.73. The molecule has 6 heteroatoms. The van der Waals surface area contributed by atoms with Gasteiger partial charge in [0.1, 0.15) is 5.82 Å². The molecule has 1 unspecified atom stereocenters. The van der Waals surface area contributed by atoms with Gasteiger partial charge >= 0.3 is 0 Å². The summed E-state index contributed by atoms with van der Waals surface area (Å²) in [5.74, 6) is -2.33. The van der Waals surface area contributed by atoms with Crippen molar-refractivity contribution < 1.29 is 19.0 Å². The molecule has 0 amide bonds. The summed E-state index contributed by atoms with van der Waals surface area (Å²) in [5, 5.41) is 9.37. The number of benzene rings is 1. The Morgan fingerprint density at radius 2 is 2.19 bits per heavy atom. The Bertz CT molecular complexity index is 501. The second-order valence-corrected chi connectivity index (χ2v) is 3.65. The molecule has 1 aliphatic heterocycles. The van der Waals surface area contributed by atoms with Crippen molar-refractivity contribution in [2.75, 3.05) is 0 Å². The van der Waals surface area contributed by atoms with E-state index in [0.717, 1.165) is 12.1 Å². The highest BCUT2D eigenvalue weighted by molar-refractivity contribution is 6.31. The van der Waals surface area contributed by atoms with Crippen molar-refractivity contribution in [2.45, 2.75) is 6.10 Å². The van der Waals surface area contributed by atoms with Crippen molar-refractivity contribution in [3.63, 3.8) is 0 Å². The van der Waals surface area contributed by atoms with Gasteiger partial charge in [0.2, 0.25) is 17.4 Å². The Labute approximate surface area is 95.1 Å². The lowest BCUT2D eigenvalue weighted by atomic mass is 10.1. The molecule has 16 heavy (non-hydrogen) atoms. The Kier molecular flexibility index (Phi) is 2.47. The highest BCUT2D eigenvalue weighted by Crippen LogP contribution is 2.34. The highest BCUT2D eigenvalue weighted by Gasteiger charge is 2.36. The van der Waals surface area contributed by atoms with Crippen LogP contribution in [-0.4, -0.2) is 10.9 Å². The van der Waals surface area contributed by atoms with Gasteiger partial charge in [-0.2, -0.15) is 0 Å². The number of carbonyl (C=O) groups excluding carboxylic acids is 1. The van der Waals surface area contributed by atoms with E-state index in [1.165, 1.54) is 6.07 Å². The molecule has 0 aromatic heterocycles. The van der Waals surface area contributed by atoms with Crippen LogP contribution in [0.2, 0.25) is 5.02 Å². The van der Waals surface area contributed by atoms with Crippen molar-refractivity contribution in [2.24, 2.45) is 5.73 Å². The molecule has 0 radical (unpaired) electrons. The summed E-state index contributed by atoms with van der Waals surface area (Å²) in [7, 11) is 0. The standard InChI is InChI=1S/C10H7ClFNO3/c11-6-2-1-4(12)3-5(6)9-7(14)8(15)10(13)16-9/h1-3,9,15H,13H2. The fourth-order valence-electron chi connectivity index (χ4n) is 1.40. The van der Waals surface area contributed by atoms with Gasteiger partial charge in [0, 0.05) is 10.6 Å². The second-order valence-electron chi connectivity index (χ2n) is 3.24. The number of ketones is 1. The quantitative estimate of drug-likeness (QED) is 0.789. The Morgan fingerprint density at radius 1 is 1.50 bits per heavy atom. The summed E-state index contributed by atoms with van der Waals surface area (Å²) in [5.41, 5.74) is 5.37. The first-order valence-electron chi connectivity index (χ1n) is 4.35. The molecule has 0 fully saturated rings. The molecule has 3 N–H and O–H groups in total. The third kappa shape index (κ3) is 1.59. The van der Waals surface area contributed by atoms with E-state index in [1.807, 2.05) is 0 Å². The number of nitrogens with two attached hydrogens (primary N) is 1. The summed E-state index contributed by atoms with van der Waals surface area (Å²) in [6, 6.07) is 3.52. The van der Waals surface area contributed by atoms with Crippen molar-refractivity contribution in [1.29, 1.82) is 0 Å². The van der Waals surface area contributed by atoms with Crippen LogP contribution in [0.3, 0.4) is 0 Å². The van der Waals surface area contributed by atoms with Crippen LogP contribution in [0.5, 0.6) is 0 Å². The maximum atomic E-state index is 13.0. The summed E-state index contributed by atoms with van der Waals surface area (Å²) in [6.07, 6.45) is -1.18. The number of carbonyl (C=O) groups is 1. The number of Topliss-reactive ketones (excluding diaryl/α,β-unsaturated/α-hetero) is 1. The van der Waals surface area contributed by atoms with Crippen molar-refractivity contribution in [1.82, 2.24) is 0 Å². The predicted octanol–water partition coefficient (Wildman–Crippen LogP) is 1.81. The molecule has 1 aromatic rings. The van der Waals surface area contributed by atoms with Crippen LogP contribution in [0.15, 0.2) is 29.8 Å². The van der Waals surface area contributed by atoms with Crippen LogP contribution in [0.25, 0.3) is 0 Å². The second kappa shape index (κ2) is 3.68. The summed E-state index contributed by atoms with van der Waals surface area (Å²) < 4.78 is 17.9. The molecule has 0 spiro atoms. The van der Waals surface area contributed by atoms with Crippen LogP contribution >= 0.6 is 11.6 Å². The Hall–Kier alpha value is -1.75. The smallest absolute Gasteiger partial charge is 0.247 e. The van der Waals surface area contributed by atoms with Gasteiger partial charge in [-0.1, -0.05) is 11.6 Å². The topological polar surface area (TPSA) is 72.5 Å². The van der Waals surface area contributed by atoms with Crippen LogP contribution in [0.4, 0.5) is 4.39 Å². The summed E-state index contributed by atoms with van der Waals surface area (Å²) in [4.78, 5) is 11.5. The molecule has 2 rings (SSSR count). The summed E-state index contributed by atoms with van der Waals surface area (Å²) in [6.45, 7) is 0. The van der Waals surface area contributed by atoms with Crippen molar-refractivity contribution >= 4 is 17.4 Å². The fourth-order valence-corrected chi connectivity index (χ4v) is 1.62. The van der Waals surface area contributed by atoms with Gasteiger partial charge in [-0.3, -0.25) is 4.79 Å². The van der Waals surface area contributed by atoms with Crippen LogP contribution in [0.1, 0.15) is 11.7 Å². The molecule has 1 aliphatic rings. The number of hydrogen-bond acceptors (Lipinski definition) is 4. The molecule has 1 heterocycles. The number of hydrogen-bond donors (Lipinski definition) is 2. The van der Waals surface area contributed by atoms with Gasteiger partial charge in [-0.25, -0.2) is 4.39 Å². The molecule has 4 nitrogen and oxygen atoms in total. The number of rotatable bonds is 1. The van der Waals surface area contributed by atoms with E-state index in [-0.39, 0.29) is 16.5 Å². The van der Waals surface area contributed by atoms with Crippen molar-refractivity contribution in [3.05, 3.63) is 46.2 Å².